The number of likely N-dealkylation sites (N-methyl/N-ethyl adjacent to an activating group) is 1. The van der Waals surface area contributed by atoms with Crippen molar-refractivity contribution >= 4 is 17.3 Å². The molecule has 2 N–H and O–H groups in total. The standard InChI is InChI=1S/C19H33N5S/c1-20-19(21-13-17(23(2)3)18-9-6-12-25-18)22-15-10-11-24(14-15)16-7-4-5-8-16/h6,9,12,15-17H,4-5,7-8,10-11,13-14H2,1-3H3,(H2,20,21,22). The summed E-state index contributed by atoms with van der Waals surface area (Å²) in [5.74, 6) is 0.932. The Bertz CT molecular complexity index is 536. The van der Waals surface area contributed by atoms with Gasteiger partial charge in [0.1, 0.15) is 0 Å². The molecule has 2 atom stereocenters. The molecule has 5 nitrogen and oxygen atoms in total. The van der Waals surface area contributed by atoms with Crippen LogP contribution in [0.1, 0.15) is 43.0 Å². The molecule has 1 aliphatic carbocycles. The van der Waals surface area contributed by atoms with E-state index >= 15 is 0 Å². The van der Waals surface area contributed by atoms with Crippen molar-refractivity contribution in [2.75, 3.05) is 40.8 Å². The van der Waals surface area contributed by atoms with Gasteiger partial charge in [-0.25, -0.2) is 0 Å². The van der Waals surface area contributed by atoms with Gasteiger partial charge in [-0.05, 0) is 44.8 Å². The second-order valence-corrected chi connectivity index (χ2v) is 8.49. The van der Waals surface area contributed by atoms with Gasteiger partial charge in [-0.3, -0.25) is 9.89 Å². The zero-order chi connectivity index (χ0) is 17.6. The van der Waals surface area contributed by atoms with Gasteiger partial charge in [-0.1, -0.05) is 18.9 Å². The highest BCUT2D eigenvalue weighted by Gasteiger charge is 2.30. The number of guanidine groups is 1. The largest absolute Gasteiger partial charge is 0.354 e. The highest BCUT2D eigenvalue weighted by atomic mass is 32.1. The van der Waals surface area contributed by atoms with Crippen LogP contribution in [-0.4, -0.2) is 68.6 Å². The smallest absolute Gasteiger partial charge is 0.191 e. The summed E-state index contributed by atoms with van der Waals surface area (Å²) in [6.07, 6.45) is 6.84. The molecule has 140 valence electrons. The normalized spacial score (nSPS) is 24.2. The van der Waals surface area contributed by atoms with Crippen molar-refractivity contribution in [3.8, 4) is 0 Å². The highest BCUT2D eigenvalue weighted by Crippen LogP contribution is 2.26. The van der Waals surface area contributed by atoms with E-state index in [1.54, 1.807) is 0 Å². The number of hydrogen-bond donors (Lipinski definition) is 2. The van der Waals surface area contributed by atoms with Gasteiger partial charge in [-0.2, -0.15) is 0 Å². The minimum absolute atomic E-state index is 0.372. The van der Waals surface area contributed by atoms with E-state index in [9.17, 15) is 0 Å². The van der Waals surface area contributed by atoms with E-state index in [2.05, 4.69) is 57.0 Å². The lowest BCUT2D eigenvalue weighted by Crippen LogP contribution is -2.47. The van der Waals surface area contributed by atoms with E-state index < -0.39 is 0 Å². The fraction of sp³-hybridized carbons (Fsp3) is 0.737. The first-order valence-electron chi connectivity index (χ1n) is 9.58. The summed E-state index contributed by atoms with van der Waals surface area (Å²) < 4.78 is 0. The summed E-state index contributed by atoms with van der Waals surface area (Å²) >= 11 is 1.82. The Morgan fingerprint density at radius 1 is 1.36 bits per heavy atom. The number of likely N-dealkylation sites (tertiary alicyclic amines) is 1. The number of rotatable bonds is 6. The first kappa shape index (κ1) is 18.7. The maximum absolute atomic E-state index is 4.45. The van der Waals surface area contributed by atoms with Crippen LogP contribution in [0.4, 0.5) is 0 Å². The summed E-state index contributed by atoms with van der Waals surface area (Å²) in [5.41, 5.74) is 0. The van der Waals surface area contributed by atoms with E-state index in [0.717, 1.165) is 25.1 Å². The average Bonchev–Trinajstić information content (AvgIpc) is 3.35. The van der Waals surface area contributed by atoms with Crippen molar-refractivity contribution in [1.82, 2.24) is 20.4 Å². The van der Waals surface area contributed by atoms with Crippen LogP contribution in [0.5, 0.6) is 0 Å². The number of aliphatic imine (C=N–C) groups is 1. The molecule has 25 heavy (non-hydrogen) atoms. The predicted molar refractivity (Wildman–Crippen MR) is 107 cm³/mol. The van der Waals surface area contributed by atoms with Crippen LogP contribution in [0, 0.1) is 0 Å². The Kier molecular flexibility index (Phi) is 6.73. The lowest BCUT2D eigenvalue weighted by Gasteiger charge is -2.26. The molecule has 1 saturated heterocycles. The summed E-state index contributed by atoms with van der Waals surface area (Å²) in [7, 11) is 6.15. The number of thiophene rings is 1. The molecule has 0 spiro atoms. The lowest BCUT2D eigenvalue weighted by molar-refractivity contribution is 0.242. The van der Waals surface area contributed by atoms with E-state index in [4.69, 9.17) is 0 Å². The Hall–Kier alpha value is -1.11. The van der Waals surface area contributed by atoms with Gasteiger partial charge in [0.05, 0.1) is 6.04 Å². The Balaban J connectivity index is 1.48. The molecule has 1 aliphatic heterocycles. The Labute approximate surface area is 156 Å². The van der Waals surface area contributed by atoms with Crippen LogP contribution < -0.4 is 10.6 Å². The maximum Gasteiger partial charge on any atom is 0.191 e. The van der Waals surface area contributed by atoms with Crippen molar-refractivity contribution < 1.29 is 0 Å². The zero-order valence-corrected chi connectivity index (χ0v) is 16.7. The van der Waals surface area contributed by atoms with Crippen LogP contribution in [0.25, 0.3) is 0 Å². The number of hydrogen-bond acceptors (Lipinski definition) is 4. The predicted octanol–water partition coefficient (Wildman–Crippen LogP) is 2.53. The summed E-state index contributed by atoms with van der Waals surface area (Å²) in [4.78, 5) is 10.8. The van der Waals surface area contributed by atoms with Crippen LogP contribution in [0.2, 0.25) is 0 Å². The van der Waals surface area contributed by atoms with Gasteiger partial charge < -0.3 is 15.5 Å². The third-order valence-corrected chi connectivity index (χ3v) is 6.56. The minimum atomic E-state index is 0.372. The summed E-state index contributed by atoms with van der Waals surface area (Å²) in [6, 6.07) is 6.06. The van der Waals surface area contributed by atoms with E-state index in [-0.39, 0.29) is 0 Å². The Morgan fingerprint density at radius 3 is 2.80 bits per heavy atom. The average molecular weight is 364 g/mol. The first-order valence-corrected chi connectivity index (χ1v) is 10.5. The summed E-state index contributed by atoms with van der Waals surface area (Å²) in [5, 5.41) is 9.32. The van der Waals surface area contributed by atoms with Gasteiger partial charge in [-0.15, -0.1) is 11.3 Å². The van der Waals surface area contributed by atoms with Gasteiger partial charge in [0.25, 0.3) is 0 Å². The SMILES string of the molecule is CN=C(NCC(c1cccs1)N(C)C)NC1CCN(C2CCCC2)C1. The molecule has 2 unspecified atom stereocenters. The molecule has 2 fully saturated rings. The number of nitrogens with zero attached hydrogens (tertiary/aromatic N) is 3. The molecule has 2 aliphatic rings. The third-order valence-electron chi connectivity index (χ3n) is 5.58. The molecule has 1 aromatic rings. The van der Waals surface area contributed by atoms with Crippen molar-refractivity contribution in [2.45, 2.75) is 50.2 Å². The lowest BCUT2D eigenvalue weighted by atomic mass is 10.2. The highest BCUT2D eigenvalue weighted by molar-refractivity contribution is 7.10. The molecule has 0 amide bonds. The molecule has 0 bridgehead atoms. The van der Waals surface area contributed by atoms with Gasteiger partial charge >= 0.3 is 0 Å². The van der Waals surface area contributed by atoms with E-state index in [1.165, 1.54) is 43.5 Å². The Morgan fingerprint density at radius 2 is 2.16 bits per heavy atom. The number of nitrogens with one attached hydrogen (secondary N) is 2. The molecule has 0 aromatic carbocycles. The van der Waals surface area contributed by atoms with Crippen molar-refractivity contribution in [1.29, 1.82) is 0 Å². The van der Waals surface area contributed by atoms with Gasteiger partial charge in [0, 0.05) is 43.6 Å². The van der Waals surface area contributed by atoms with Crippen LogP contribution in [0.15, 0.2) is 22.5 Å². The van der Waals surface area contributed by atoms with Gasteiger partial charge in [0.2, 0.25) is 0 Å². The van der Waals surface area contributed by atoms with Gasteiger partial charge in [0.15, 0.2) is 5.96 Å². The molecule has 0 radical (unpaired) electrons. The van der Waals surface area contributed by atoms with Crippen LogP contribution in [0.3, 0.4) is 0 Å². The zero-order valence-electron chi connectivity index (χ0n) is 15.9. The fourth-order valence-corrected chi connectivity index (χ4v) is 5.03. The van der Waals surface area contributed by atoms with E-state index in [0.29, 0.717) is 12.1 Å². The quantitative estimate of drug-likeness (QED) is 0.602. The third kappa shape index (κ3) is 4.96. The van der Waals surface area contributed by atoms with Crippen LogP contribution in [-0.2, 0) is 0 Å². The van der Waals surface area contributed by atoms with Crippen molar-refractivity contribution in [2.24, 2.45) is 4.99 Å². The summed E-state index contributed by atoms with van der Waals surface area (Å²) in [6.45, 7) is 3.26. The van der Waals surface area contributed by atoms with E-state index in [1.807, 2.05) is 18.4 Å². The molecule has 3 rings (SSSR count). The molecular weight excluding hydrogens is 330 g/mol. The molecule has 1 saturated carbocycles. The monoisotopic (exact) mass is 363 g/mol. The fourth-order valence-electron chi connectivity index (χ4n) is 4.11. The molecule has 6 heteroatoms. The van der Waals surface area contributed by atoms with Crippen LogP contribution >= 0.6 is 11.3 Å². The second kappa shape index (κ2) is 9.01. The molecule has 2 heterocycles. The molecule has 1 aromatic heterocycles. The van der Waals surface area contributed by atoms with Crippen molar-refractivity contribution in [3.63, 3.8) is 0 Å². The van der Waals surface area contributed by atoms with Crippen molar-refractivity contribution in [3.05, 3.63) is 22.4 Å². The first-order chi connectivity index (χ1) is 12.2. The minimum Gasteiger partial charge on any atom is -0.354 e. The maximum atomic E-state index is 4.45. The topological polar surface area (TPSA) is 42.9 Å². The second-order valence-electron chi connectivity index (χ2n) is 7.51. The molecular formula is C19H33N5S.